The smallest absolute Gasteiger partial charge is 0.267 e. The molecule has 27 heavy (non-hydrogen) atoms. The Labute approximate surface area is 153 Å². The van der Waals surface area contributed by atoms with E-state index in [9.17, 15) is 9.18 Å². The molecule has 0 N–H and O–H groups in total. The molecule has 0 saturated heterocycles. The fourth-order valence-electron chi connectivity index (χ4n) is 2.75. The van der Waals surface area contributed by atoms with Crippen molar-refractivity contribution < 1.29 is 4.39 Å². The van der Waals surface area contributed by atoms with Crippen LogP contribution in [0.2, 0.25) is 0 Å². The first-order chi connectivity index (χ1) is 13.1. The molecule has 0 aliphatic rings. The maximum absolute atomic E-state index is 13.7. The van der Waals surface area contributed by atoms with Crippen LogP contribution < -0.4 is 5.56 Å². The number of hydrogen-bond acceptors (Lipinski definition) is 5. The van der Waals surface area contributed by atoms with Gasteiger partial charge in [0.15, 0.2) is 5.82 Å². The fourth-order valence-corrected chi connectivity index (χ4v) is 2.75. The number of nitrogens with zero attached hydrogens (tertiary/aromatic N) is 5. The maximum atomic E-state index is 13.7. The van der Waals surface area contributed by atoms with Crippen LogP contribution in [-0.4, -0.2) is 24.5 Å². The number of rotatable bonds is 3. The van der Waals surface area contributed by atoms with E-state index in [0.29, 0.717) is 28.5 Å². The van der Waals surface area contributed by atoms with E-state index in [1.165, 1.54) is 29.0 Å². The Morgan fingerprint density at radius 2 is 1.85 bits per heavy atom. The van der Waals surface area contributed by atoms with Gasteiger partial charge in [0.1, 0.15) is 11.6 Å². The van der Waals surface area contributed by atoms with Crippen LogP contribution in [-0.2, 0) is 0 Å². The monoisotopic (exact) mass is 359 g/mol. The lowest BCUT2D eigenvalue weighted by Gasteiger charge is -2.12. The van der Waals surface area contributed by atoms with E-state index in [4.69, 9.17) is 0 Å². The zero-order chi connectivity index (χ0) is 18.8. The molecular weight excluding hydrogens is 345 g/mol. The molecule has 7 heteroatoms. The molecule has 0 aliphatic heterocycles. The second kappa shape index (κ2) is 6.87. The molecule has 0 unspecified atom stereocenters. The maximum Gasteiger partial charge on any atom is 0.267 e. The molecule has 0 bridgehead atoms. The SMILES string of the molecule is Cc1nccnc1-n1c(C=Cc2ccccn2)nc2ccc(F)cc2c1=O. The van der Waals surface area contributed by atoms with Crippen LogP contribution in [0.15, 0.2) is 59.8 Å². The van der Waals surface area contributed by atoms with Crippen molar-refractivity contribution in [1.82, 2.24) is 24.5 Å². The Hall–Kier alpha value is -3.74. The van der Waals surface area contributed by atoms with Crippen molar-refractivity contribution in [1.29, 1.82) is 0 Å². The van der Waals surface area contributed by atoms with Crippen LogP contribution in [0.4, 0.5) is 4.39 Å². The first-order valence-corrected chi connectivity index (χ1v) is 8.23. The predicted molar refractivity (Wildman–Crippen MR) is 101 cm³/mol. The lowest BCUT2D eigenvalue weighted by molar-refractivity contribution is 0.629. The van der Waals surface area contributed by atoms with Gasteiger partial charge in [-0.15, -0.1) is 0 Å². The summed E-state index contributed by atoms with van der Waals surface area (Å²) < 4.78 is 15.0. The van der Waals surface area contributed by atoms with Gasteiger partial charge in [0.2, 0.25) is 0 Å². The minimum atomic E-state index is -0.499. The number of fused-ring (bicyclic) bond motifs is 1. The van der Waals surface area contributed by atoms with Gasteiger partial charge in [0, 0.05) is 18.6 Å². The van der Waals surface area contributed by atoms with Crippen LogP contribution >= 0.6 is 0 Å². The first-order valence-electron chi connectivity index (χ1n) is 8.23. The van der Waals surface area contributed by atoms with Crippen molar-refractivity contribution in [2.75, 3.05) is 0 Å². The van der Waals surface area contributed by atoms with Gasteiger partial charge in [-0.1, -0.05) is 6.07 Å². The minimum absolute atomic E-state index is 0.176. The summed E-state index contributed by atoms with van der Waals surface area (Å²) in [6.07, 6.45) is 8.15. The van der Waals surface area contributed by atoms with Crippen molar-refractivity contribution >= 4 is 23.1 Å². The van der Waals surface area contributed by atoms with Gasteiger partial charge in [0.25, 0.3) is 5.56 Å². The number of benzene rings is 1. The summed E-state index contributed by atoms with van der Waals surface area (Å²) in [4.78, 5) is 30.3. The van der Waals surface area contributed by atoms with Gasteiger partial charge >= 0.3 is 0 Å². The quantitative estimate of drug-likeness (QED) is 0.562. The van der Waals surface area contributed by atoms with Gasteiger partial charge < -0.3 is 0 Å². The lowest BCUT2D eigenvalue weighted by atomic mass is 10.2. The molecule has 1 aromatic carbocycles. The predicted octanol–water partition coefficient (Wildman–Crippen LogP) is 3.19. The van der Waals surface area contributed by atoms with Crippen LogP contribution in [0.5, 0.6) is 0 Å². The van der Waals surface area contributed by atoms with E-state index in [1.54, 1.807) is 31.5 Å². The second-order valence-corrected chi connectivity index (χ2v) is 5.83. The number of hydrogen-bond donors (Lipinski definition) is 0. The van der Waals surface area contributed by atoms with E-state index >= 15 is 0 Å². The van der Waals surface area contributed by atoms with Gasteiger partial charge in [0.05, 0.1) is 22.3 Å². The molecule has 4 aromatic rings. The highest BCUT2D eigenvalue weighted by Gasteiger charge is 2.15. The van der Waals surface area contributed by atoms with E-state index in [1.807, 2.05) is 18.2 Å². The summed E-state index contributed by atoms with van der Waals surface area (Å²) in [5, 5.41) is 0.176. The summed E-state index contributed by atoms with van der Waals surface area (Å²) >= 11 is 0. The molecule has 4 rings (SSSR count). The van der Waals surface area contributed by atoms with E-state index in [2.05, 4.69) is 19.9 Å². The highest BCUT2D eigenvalue weighted by Crippen LogP contribution is 2.16. The normalized spacial score (nSPS) is 11.3. The number of aryl methyl sites for hydroxylation is 1. The number of aromatic nitrogens is 5. The molecular formula is C20H14FN5O. The molecule has 132 valence electrons. The molecule has 3 heterocycles. The summed E-state index contributed by atoms with van der Waals surface area (Å²) in [6, 6.07) is 9.46. The Kier molecular flexibility index (Phi) is 4.25. The molecule has 0 spiro atoms. The van der Waals surface area contributed by atoms with Crippen molar-refractivity contribution in [2.45, 2.75) is 6.92 Å². The fraction of sp³-hybridized carbons (Fsp3) is 0.0500. The Balaban J connectivity index is 2.00. The highest BCUT2D eigenvalue weighted by molar-refractivity contribution is 5.80. The summed E-state index contributed by atoms with van der Waals surface area (Å²) in [5.41, 5.74) is 1.27. The standard InChI is InChI=1S/C20H14FN5O/c1-13-19(24-11-10-22-13)26-18(8-6-15-4-2-3-9-23-15)25-17-7-5-14(21)12-16(17)20(26)27/h2-12H,1H3. The van der Waals surface area contributed by atoms with E-state index in [-0.39, 0.29) is 5.39 Å². The molecule has 0 saturated carbocycles. The Morgan fingerprint density at radius 1 is 1.00 bits per heavy atom. The number of halogens is 1. The summed E-state index contributed by atoms with van der Waals surface area (Å²) in [5.74, 6) is 0.204. The largest absolute Gasteiger partial charge is 0.268 e. The van der Waals surface area contributed by atoms with Crippen LogP contribution in [0, 0.1) is 12.7 Å². The van der Waals surface area contributed by atoms with Crippen LogP contribution in [0.1, 0.15) is 17.2 Å². The van der Waals surface area contributed by atoms with Crippen LogP contribution in [0.25, 0.3) is 28.9 Å². The van der Waals surface area contributed by atoms with Gasteiger partial charge in [-0.2, -0.15) is 0 Å². The molecule has 0 aliphatic carbocycles. The molecule has 3 aromatic heterocycles. The summed E-state index contributed by atoms with van der Waals surface area (Å²) in [7, 11) is 0. The first kappa shape index (κ1) is 16.7. The van der Waals surface area contributed by atoms with Crippen molar-refractivity contribution in [3.63, 3.8) is 0 Å². The molecule has 0 fully saturated rings. The lowest BCUT2D eigenvalue weighted by Crippen LogP contribution is -2.24. The number of pyridine rings is 1. The minimum Gasteiger partial charge on any atom is -0.268 e. The van der Waals surface area contributed by atoms with Gasteiger partial charge in [-0.05, 0) is 49.4 Å². The average molecular weight is 359 g/mol. The Bertz CT molecular complexity index is 1220. The van der Waals surface area contributed by atoms with Gasteiger partial charge in [-0.25, -0.2) is 18.9 Å². The zero-order valence-electron chi connectivity index (χ0n) is 14.4. The third kappa shape index (κ3) is 3.22. The van der Waals surface area contributed by atoms with Crippen molar-refractivity contribution in [2.24, 2.45) is 0 Å². The van der Waals surface area contributed by atoms with Crippen molar-refractivity contribution in [3.05, 3.63) is 88.4 Å². The second-order valence-electron chi connectivity index (χ2n) is 5.83. The van der Waals surface area contributed by atoms with E-state index in [0.717, 1.165) is 0 Å². The zero-order valence-corrected chi connectivity index (χ0v) is 14.4. The third-order valence-electron chi connectivity index (χ3n) is 4.01. The molecule has 0 radical (unpaired) electrons. The Morgan fingerprint density at radius 3 is 2.63 bits per heavy atom. The molecule has 6 nitrogen and oxygen atoms in total. The molecule has 0 atom stereocenters. The van der Waals surface area contributed by atoms with Crippen molar-refractivity contribution in [3.8, 4) is 5.82 Å². The topological polar surface area (TPSA) is 73.6 Å². The molecule has 0 amide bonds. The van der Waals surface area contributed by atoms with E-state index < -0.39 is 11.4 Å². The van der Waals surface area contributed by atoms with Gasteiger partial charge in [-0.3, -0.25) is 14.8 Å². The van der Waals surface area contributed by atoms with Crippen LogP contribution in [0.3, 0.4) is 0 Å². The third-order valence-corrected chi connectivity index (χ3v) is 4.01. The highest BCUT2D eigenvalue weighted by atomic mass is 19.1. The average Bonchev–Trinajstić information content (AvgIpc) is 2.69. The summed E-state index contributed by atoms with van der Waals surface area (Å²) in [6.45, 7) is 1.75.